The van der Waals surface area contributed by atoms with Crippen LogP contribution in [0.3, 0.4) is 0 Å². The molecule has 0 aromatic heterocycles. The van der Waals surface area contributed by atoms with Crippen LogP contribution in [0, 0.1) is 11.8 Å². The molecule has 0 N–H and O–H groups in total. The maximum Gasteiger partial charge on any atom is 0.384 e. The monoisotopic (exact) mass is 230 g/mol. The molecule has 1 fully saturated rings. The molecule has 0 aliphatic heterocycles. The first-order valence-electron chi connectivity index (χ1n) is 5.73. The van der Waals surface area contributed by atoms with Gasteiger partial charge in [0, 0.05) is 11.5 Å². The van der Waals surface area contributed by atoms with Gasteiger partial charge in [0.25, 0.3) is 0 Å². The second kappa shape index (κ2) is 5.40. The van der Waals surface area contributed by atoms with Gasteiger partial charge in [-0.2, -0.15) is 0 Å². The summed E-state index contributed by atoms with van der Waals surface area (Å²) in [6, 6.07) is 7.41. The van der Waals surface area contributed by atoms with E-state index in [2.05, 4.69) is 11.8 Å². The summed E-state index contributed by atoms with van der Waals surface area (Å²) in [5.41, 5.74) is 0.779. The molecular weight excluding hydrogens is 216 g/mol. The van der Waals surface area contributed by atoms with Gasteiger partial charge in [-0.3, -0.25) is 0 Å². The van der Waals surface area contributed by atoms with E-state index < -0.39 is 5.97 Å². The van der Waals surface area contributed by atoms with Crippen LogP contribution in [0.2, 0.25) is 0 Å². The zero-order chi connectivity index (χ0) is 12.1. The summed E-state index contributed by atoms with van der Waals surface area (Å²) in [6.45, 7) is 2.10. The summed E-state index contributed by atoms with van der Waals surface area (Å²) in [5.74, 6) is 5.53. The van der Waals surface area contributed by atoms with E-state index >= 15 is 0 Å². The minimum Gasteiger partial charge on any atom is -0.490 e. The van der Waals surface area contributed by atoms with Crippen LogP contribution in [-0.2, 0) is 9.53 Å². The van der Waals surface area contributed by atoms with E-state index in [4.69, 9.17) is 9.47 Å². The third kappa shape index (κ3) is 3.84. The van der Waals surface area contributed by atoms with Gasteiger partial charge in [-0.15, -0.1) is 0 Å². The van der Waals surface area contributed by atoms with Crippen molar-refractivity contribution in [2.24, 2.45) is 0 Å². The molecule has 0 bridgehead atoms. The lowest BCUT2D eigenvalue weighted by Crippen LogP contribution is -1.99. The zero-order valence-corrected chi connectivity index (χ0v) is 9.73. The molecule has 1 aliphatic carbocycles. The van der Waals surface area contributed by atoms with Gasteiger partial charge in [-0.25, -0.2) is 4.79 Å². The molecule has 0 radical (unpaired) electrons. The summed E-state index contributed by atoms with van der Waals surface area (Å²) in [4.78, 5) is 11.0. The van der Waals surface area contributed by atoms with Crippen LogP contribution >= 0.6 is 0 Å². The number of hydrogen-bond donors (Lipinski definition) is 0. The van der Waals surface area contributed by atoms with Crippen LogP contribution in [-0.4, -0.2) is 18.7 Å². The molecule has 0 unspecified atom stereocenters. The number of carbonyl (C=O) groups excluding carboxylic acids is 1. The van der Waals surface area contributed by atoms with Gasteiger partial charge in [-0.1, -0.05) is 5.92 Å². The molecule has 0 saturated heterocycles. The molecule has 1 aromatic rings. The molecule has 1 aromatic carbocycles. The molecule has 3 nitrogen and oxygen atoms in total. The molecule has 0 amide bonds. The molecule has 0 spiro atoms. The number of carbonyl (C=O) groups is 1. The lowest BCUT2D eigenvalue weighted by atomic mass is 10.2. The first-order chi connectivity index (χ1) is 8.28. The van der Waals surface area contributed by atoms with Crippen LogP contribution in [0.4, 0.5) is 0 Å². The Balaban J connectivity index is 1.94. The molecule has 17 heavy (non-hydrogen) atoms. The van der Waals surface area contributed by atoms with Crippen LogP contribution in [0.15, 0.2) is 24.3 Å². The van der Waals surface area contributed by atoms with Crippen molar-refractivity contribution in [3.8, 4) is 17.6 Å². The maximum atomic E-state index is 11.0. The first-order valence-corrected chi connectivity index (χ1v) is 5.73. The van der Waals surface area contributed by atoms with Gasteiger partial charge >= 0.3 is 5.97 Å². The van der Waals surface area contributed by atoms with Crippen LogP contribution in [0.25, 0.3) is 0 Å². The van der Waals surface area contributed by atoms with Gasteiger partial charge in [0.05, 0.1) is 12.7 Å². The Kier molecular flexibility index (Phi) is 3.66. The molecule has 1 aliphatic rings. The summed E-state index contributed by atoms with van der Waals surface area (Å²) in [6.07, 6.45) is 2.68. The average molecular weight is 230 g/mol. The average Bonchev–Trinajstić information content (AvgIpc) is 3.13. The summed E-state index contributed by atoms with van der Waals surface area (Å²) >= 11 is 0. The van der Waals surface area contributed by atoms with E-state index in [0.29, 0.717) is 12.7 Å². The fourth-order valence-electron chi connectivity index (χ4n) is 1.29. The summed E-state index contributed by atoms with van der Waals surface area (Å²) in [7, 11) is 0. The molecule has 1 saturated carbocycles. The minimum absolute atomic E-state index is 0.349. The maximum absolute atomic E-state index is 11.0. The number of esters is 1. The zero-order valence-electron chi connectivity index (χ0n) is 9.73. The van der Waals surface area contributed by atoms with E-state index in [9.17, 15) is 4.79 Å². The third-order valence-corrected chi connectivity index (χ3v) is 2.27. The van der Waals surface area contributed by atoms with E-state index in [1.54, 1.807) is 6.92 Å². The van der Waals surface area contributed by atoms with E-state index in [0.717, 1.165) is 24.2 Å². The predicted molar refractivity (Wildman–Crippen MR) is 63.6 cm³/mol. The highest BCUT2D eigenvalue weighted by molar-refractivity contribution is 5.89. The standard InChI is InChI=1S/C14H14O3/c1-2-16-14(15)10-5-11-3-6-12(7-4-11)17-13-8-9-13/h3-4,6-7,13H,2,8-9H2,1H3. The van der Waals surface area contributed by atoms with Gasteiger partial charge in [-0.05, 0) is 44.0 Å². The number of ether oxygens (including phenoxy) is 2. The molecule has 0 atom stereocenters. The van der Waals surface area contributed by atoms with Gasteiger partial charge in [0.2, 0.25) is 0 Å². The third-order valence-electron chi connectivity index (χ3n) is 2.27. The Hall–Kier alpha value is -1.95. The van der Waals surface area contributed by atoms with Crippen molar-refractivity contribution in [2.45, 2.75) is 25.9 Å². The van der Waals surface area contributed by atoms with E-state index in [-0.39, 0.29) is 0 Å². The topological polar surface area (TPSA) is 35.5 Å². The predicted octanol–water partition coefficient (Wildman–Crippen LogP) is 2.14. The Bertz CT molecular complexity index is 447. The highest BCUT2D eigenvalue weighted by Crippen LogP contribution is 2.26. The SMILES string of the molecule is CCOC(=O)C#Cc1ccc(OC2CC2)cc1. The summed E-state index contributed by atoms with van der Waals surface area (Å²) < 4.78 is 10.3. The Morgan fingerprint density at radius 1 is 1.35 bits per heavy atom. The van der Waals surface area contributed by atoms with Gasteiger partial charge in [0.1, 0.15) is 5.75 Å². The molecule has 2 rings (SSSR count). The number of benzene rings is 1. The minimum atomic E-state index is -0.495. The summed E-state index contributed by atoms with van der Waals surface area (Å²) in [5, 5.41) is 0. The van der Waals surface area contributed by atoms with Crippen molar-refractivity contribution in [2.75, 3.05) is 6.61 Å². The quantitative estimate of drug-likeness (QED) is 0.589. The van der Waals surface area contributed by atoms with Crippen molar-refractivity contribution in [3.05, 3.63) is 29.8 Å². The normalized spacial score (nSPS) is 13.5. The fraction of sp³-hybridized carbons (Fsp3) is 0.357. The van der Waals surface area contributed by atoms with Crippen LogP contribution in [0.5, 0.6) is 5.75 Å². The lowest BCUT2D eigenvalue weighted by Gasteiger charge is -2.02. The van der Waals surface area contributed by atoms with Crippen molar-refractivity contribution in [1.82, 2.24) is 0 Å². The van der Waals surface area contributed by atoms with E-state index in [1.807, 2.05) is 24.3 Å². The van der Waals surface area contributed by atoms with Crippen LogP contribution < -0.4 is 4.74 Å². The van der Waals surface area contributed by atoms with Crippen molar-refractivity contribution >= 4 is 5.97 Å². The van der Waals surface area contributed by atoms with Crippen molar-refractivity contribution < 1.29 is 14.3 Å². The molecule has 3 heteroatoms. The largest absolute Gasteiger partial charge is 0.490 e. The highest BCUT2D eigenvalue weighted by Gasteiger charge is 2.23. The Morgan fingerprint density at radius 2 is 2.06 bits per heavy atom. The van der Waals surface area contributed by atoms with E-state index in [1.165, 1.54) is 0 Å². The second-order valence-electron chi connectivity index (χ2n) is 3.81. The lowest BCUT2D eigenvalue weighted by molar-refractivity contribution is -0.136. The Morgan fingerprint density at radius 3 is 2.65 bits per heavy atom. The van der Waals surface area contributed by atoms with Gasteiger partial charge < -0.3 is 9.47 Å². The first kappa shape index (κ1) is 11.5. The van der Waals surface area contributed by atoms with Crippen molar-refractivity contribution in [3.63, 3.8) is 0 Å². The fourth-order valence-corrected chi connectivity index (χ4v) is 1.29. The van der Waals surface area contributed by atoms with Crippen LogP contribution in [0.1, 0.15) is 25.3 Å². The number of hydrogen-bond acceptors (Lipinski definition) is 3. The van der Waals surface area contributed by atoms with Gasteiger partial charge in [0.15, 0.2) is 0 Å². The smallest absolute Gasteiger partial charge is 0.384 e. The van der Waals surface area contributed by atoms with Crippen molar-refractivity contribution in [1.29, 1.82) is 0 Å². The highest BCUT2D eigenvalue weighted by atomic mass is 16.5. The molecule has 0 heterocycles. The molecular formula is C14H14O3. The Labute approximate surface area is 101 Å². The second-order valence-corrected chi connectivity index (χ2v) is 3.81. The molecule has 88 valence electrons. The number of rotatable bonds is 3.